The molecule has 0 N–H and O–H groups in total. The van der Waals surface area contributed by atoms with Crippen molar-refractivity contribution in [3.8, 4) is 0 Å². The molecule has 3 aromatic rings. The quantitative estimate of drug-likeness (QED) is 0.508. The molecular weight excluding hydrogens is 349 g/mol. The third-order valence-electron chi connectivity index (χ3n) is 3.16. The van der Waals surface area contributed by atoms with Gasteiger partial charge in [0.05, 0.1) is 6.54 Å². The standard InChI is InChI=1S/C16H12INO/c17-14-7-5-13(6-8-14)16(19)11-18-10-9-12-3-1-2-4-15(12)18/h1-10H,11H2. The Kier molecular flexibility index (Phi) is 3.38. The third kappa shape index (κ3) is 2.56. The molecule has 0 fully saturated rings. The van der Waals surface area contributed by atoms with Crippen molar-refractivity contribution in [1.82, 2.24) is 4.57 Å². The number of halogens is 1. The van der Waals surface area contributed by atoms with E-state index in [4.69, 9.17) is 0 Å². The second kappa shape index (κ2) is 5.17. The van der Waals surface area contributed by atoms with Gasteiger partial charge in [-0.1, -0.05) is 30.3 Å². The molecule has 2 aromatic carbocycles. The highest BCUT2D eigenvalue weighted by atomic mass is 127. The van der Waals surface area contributed by atoms with Gasteiger partial charge in [0.2, 0.25) is 0 Å². The lowest BCUT2D eigenvalue weighted by Crippen LogP contribution is -2.09. The number of benzene rings is 2. The van der Waals surface area contributed by atoms with Gasteiger partial charge in [-0.05, 0) is 52.2 Å². The van der Waals surface area contributed by atoms with E-state index in [0.717, 1.165) is 20.0 Å². The summed E-state index contributed by atoms with van der Waals surface area (Å²) in [6.45, 7) is 0.383. The molecule has 0 aliphatic carbocycles. The first-order valence-corrected chi connectivity index (χ1v) is 7.14. The van der Waals surface area contributed by atoms with Gasteiger partial charge in [0.25, 0.3) is 0 Å². The van der Waals surface area contributed by atoms with Crippen LogP contribution in [-0.2, 0) is 6.54 Å². The van der Waals surface area contributed by atoms with Crippen LogP contribution in [0, 0.1) is 3.57 Å². The zero-order valence-electron chi connectivity index (χ0n) is 10.2. The molecule has 0 spiro atoms. The van der Waals surface area contributed by atoms with Crippen LogP contribution in [0.4, 0.5) is 0 Å². The van der Waals surface area contributed by atoms with Gasteiger partial charge in [-0.3, -0.25) is 4.79 Å². The van der Waals surface area contributed by atoms with E-state index in [1.165, 1.54) is 0 Å². The summed E-state index contributed by atoms with van der Waals surface area (Å²) < 4.78 is 3.14. The lowest BCUT2D eigenvalue weighted by atomic mass is 10.1. The van der Waals surface area contributed by atoms with Crippen molar-refractivity contribution in [1.29, 1.82) is 0 Å². The van der Waals surface area contributed by atoms with Gasteiger partial charge in [-0.15, -0.1) is 0 Å². The van der Waals surface area contributed by atoms with E-state index >= 15 is 0 Å². The maximum atomic E-state index is 12.2. The van der Waals surface area contributed by atoms with Crippen LogP contribution in [0.3, 0.4) is 0 Å². The molecule has 0 bridgehead atoms. The highest BCUT2D eigenvalue weighted by Gasteiger charge is 2.08. The number of fused-ring (bicyclic) bond motifs is 1. The van der Waals surface area contributed by atoms with Gasteiger partial charge in [-0.25, -0.2) is 0 Å². The van der Waals surface area contributed by atoms with E-state index < -0.39 is 0 Å². The molecule has 0 radical (unpaired) electrons. The van der Waals surface area contributed by atoms with Crippen LogP contribution in [0.5, 0.6) is 0 Å². The fourth-order valence-corrected chi connectivity index (χ4v) is 2.52. The first kappa shape index (κ1) is 12.4. The molecule has 0 aliphatic heterocycles. The highest BCUT2D eigenvalue weighted by Crippen LogP contribution is 2.16. The van der Waals surface area contributed by atoms with E-state index in [0.29, 0.717) is 6.54 Å². The fourth-order valence-electron chi connectivity index (χ4n) is 2.16. The zero-order chi connectivity index (χ0) is 13.2. The van der Waals surface area contributed by atoms with E-state index in [1.54, 1.807) is 0 Å². The summed E-state index contributed by atoms with van der Waals surface area (Å²) >= 11 is 2.24. The molecule has 0 atom stereocenters. The van der Waals surface area contributed by atoms with E-state index in [2.05, 4.69) is 28.7 Å². The second-order valence-electron chi connectivity index (χ2n) is 4.43. The van der Waals surface area contributed by atoms with Gasteiger partial charge < -0.3 is 4.57 Å². The summed E-state index contributed by atoms with van der Waals surface area (Å²) in [7, 11) is 0. The number of aromatic nitrogens is 1. The summed E-state index contributed by atoms with van der Waals surface area (Å²) in [5.41, 5.74) is 1.86. The van der Waals surface area contributed by atoms with E-state index in [1.807, 2.05) is 59.3 Å². The van der Waals surface area contributed by atoms with E-state index in [-0.39, 0.29) is 5.78 Å². The lowest BCUT2D eigenvalue weighted by Gasteiger charge is -2.05. The van der Waals surface area contributed by atoms with Crippen LogP contribution in [0.1, 0.15) is 10.4 Å². The van der Waals surface area contributed by atoms with Gasteiger partial charge in [0.15, 0.2) is 5.78 Å². The molecule has 3 heteroatoms. The Balaban J connectivity index is 1.89. The molecule has 94 valence electrons. The van der Waals surface area contributed by atoms with Gasteiger partial charge in [0.1, 0.15) is 0 Å². The molecular formula is C16H12INO. The Morgan fingerprint density at radius 1 is 1.00 bits per heavy atom. The average molecular weight is 361 g/mol. The van der Waals surface area contributed by atoms with Crippen molar-refractivity contribution in [2.24, 2.45) is 0 Å². The molecule has 0 saturated carbocycles. The topological polar surface area (TPSA) is 22.0 Å². The monoisotopic (exact) mass is 361 g/mol. The van der Waals surface area contributed by atoms with Crippen molar-refractivity contribution >= 4 is 39.3 Å². The minimum atomic E-state index is 0.137. The Bertz CT molecular complexity index is 728. The number of nitrogens with zero attached hydrogens (tertiary/aromatic N) is 1. The van der Waals surface area contributed by atoms with Gasteiger partial charge in [0, 0.05) is 20.8 Å². The molecule has 3 rings (SSSR count). The number of rotatable bonds is 3. The largest absolute Gasteiger partial charge is 0.340 e. The number of ketones is 1. The van der Waals surface area contributed by atoms with Gasteiger partial charge >= 0.3 is 0 Å². The van der Waals surface area contributed by atoms with Crippen LogP contribution < -0.4 is 0 Å². The molecule has 0 aliphatic rings. The number of carbonyl (C=O) groups excluding carboxylic acids is 1. The molecule has 0 amide bonds. The van der Waals surface area contributed by atoms with Crippen LogP contribution in [0.25, 0.3) is 10.9 Å². The summed E-state index contributed by atoms with van der Waals surface area (Å²) in [6.07, 6.45) is 1.97. The maximum Gasteiger partial charge on any atom is 0.182 e. The minimum absolute atomic E-state index is 0.137. The molecule has 2 nitrogen and oxygen atoms in total. The predicted octanol–water partition coefficient (Wildman–Crippen LogP) is 4.13. The fraction of sp³-hybridized carbons (Fsp3) is 0.0625. The molecule has 0 unspecified atom stereocenters. The predicted molar refractivity (Wildman–Crippen MR) is 85.4 cm³/mol. The van der Waals surface area contributed by atoms with Gasteiger partial charge in [-0.2, -0.15) is 0 Å². The Labute approximate surface area is 125 Å². The summed E-state index contributed by atoms with van der Waals surface area (Å²) in [5, 5.41) is 1.16. The molecule has 19 heavy (non-hydrogen) atoms. The van der Waals surface area contributed by atoms with Crippen LogP contribution >= 0.6 is 22.6 Å². The number of Topliss-reactive ketones (excluding diaryl/α,β-unsaturated/α-hetero) is 1. The molecule has 1 aromatic heterocycles. The summed E-state index contributed by atoms with van der Waals surface area (Å²) in [6, 6.07) is 17.8. The zero-order valence-corrected chi connectivity index (χ0v) is 12.4. The van der Waals surface area contributed by atoms with Crippen molar-refractivity contribution < 1.29 is 4.79 Å². The molecule has 0 saturated heterocycles. The van der Waals surface area contributed by atoms with Crippen molar-refractivity contribution in [3.05, 3.63) is 69.9 Å². The van der Waals surface area contributed by atoms with Crippen LogP contribution in [0.15, 0.2) is 60.8 Å². The first-order chi connectivity index (χ1) is 9.24. The Morgan fingerprint density at radius 2 is 1.74 bits per heavy atom. The lowest BCUT2D eigenvalue weighted by molar-refractivity contribution is 0.0973. The third-order valence-corrected chi connectivity index (χ3v) is 3.88. The second-order valence-corrected chi connectivity index (χ2v) is 5.68. The normalized spacial score (nSPS) is 10.8. The minimum Gasteiger partial charge on any atom is -0.340 e. The van der Waals surface area contributed by atoms with Crippen molar-refractivity contribution in [2.75, 3.05) is 0 Å². The number of hydrogen-bond donors (Lipinski definition) is 0. The molecule has 1 heterocycles. The number of carbonyl (C=O) groups is 1. The Morgan fingerprint density at radius 3 is 2.53 bits per heavy atom. The average Bonchev–Trinajstić information content (AvgIpc) is 2.83. The van der Waals surface area contributed by atoms with Crippen molar-refractivity contribution in [3.63, 3.8) is 0 Å². The highest BCUT2D eigenvalue weighted by molar-refractivity contribution is 14.1. The summed E-state index contributed by atoms with van der Waals surface area (Å²) in [4.78, 5) is 12.2. The van der Waals surface area contributed by atoms with E-state index in [9.17, 15) is 4.79 Å². The van der Waals surface area contributed by atoms with Crippen LogP contribution in [0.2, 0.25) is 0 Å². The maximum absolute atomic E-state index is 12.2. The SMILES string of the molecule is O=C(Cn1ccc2ccccc21)c1ccc(I)cc1. The summed E-state index contributed by atoms with van der Waals surface area (Å²) in [5.74, 6) is 0.137. The smallest absolute Gasteiger partial charge is 0.182 e. The van der Waals surface area contributed by atoms with Crippen LogP contribution in [-0.4, -0.2) is 10.4 Å². The Hall–Kier alpha value is -1.62. The van der Waals surface area contributed by atoms with Crippen molar-refractivity contribution in [2.45, 2.75) is 6.54 Å². The first-order valence-electron chi connectivity index (χ1n) is 6.07. The number of hydrogen-bond acceptors (Lipinski definition) is 1. The number of para-hydroxylation sites is 1.